The fraction of sp³-hybridized carbons (Fsp3) is 0.550. The van der Waals surface area contributed by atoms with E-state index in [0.717, 1.165) is 62.0 Å². The molecule has 4 nitrogen and oxygen atoms in total. The zero-order valence-electron chi connectivity index (χ0n) is 15.4. The third kappa shape index (κ3) is 3.83. The summed E-state index contributed by atoms with van der Waals surface area (Å²) in [7, 11) is 0. The smallest absolute Gasteiger partial charge is 0.370 e. The summed E-state index contributed by atoms with van der Waals surface area (Å²) < 4.78 is 42.2. The fourth-order valence-electron chi connectivity index (χ4n) is 4.10. The zero-order valence-corrected chi connectivity index (χ0v) is 15.4. The number of halogens is 3. The van der Waals surface area contributed by atoms with E-state index < -0.39 is 11.7 Å². The maximum Gasteiger partial charge on any atom is 0.418 e. The molecule has 1 saturated heterocycles. The van der Waals surface area contributed by atoms with Gasteiger partial charge in [0, 0.05) is 18.7 Å². The molecule has 1 aromatic heterocycles. The zero-order chi connectivity index (χ0) is 18.9. The third-order valence-corrected chi connectivity index (χ3v) is 5.47. The van der Waals surface area contributed by atoms with Crippen LogP contribution >= 0.6 is 0 Å². The summed E-state index contributed by atoms with van der Waals surface area (Å²) in [6.07, 6.45) is 2.10. The summed E-state index contributed by atoms with van der Waals surface area (Å²) in [6, 6.07) is 5.70. The van der Waals surface area contributed by atoms with Crippen molar-refractivity contribution in [3.8, 4) is 5.69 Å². The molecule has 0 spiro atoms. The Morgan fingerprint density at radius 2 is 1.78 bits per heavy atom. The number of rotatable bonds is 3. The highest BCUT2D eigenvalue weighted by molar-refractivity contribution is 5.56. The fourth-order valence-corrected chi connectivity index (χ4v) is 4.10. The molecule has 4 rings (SSSR count). The lowest BCUT2D eigenvalue weighted by molar-refractivity contribution is -0.137. The van der Waals surface area contributed by atoms with E-state index in [1.807, 2.05) is 0 Å². The Balaban J connectivity index is 1.77. The first kappa shape index (κ1) is 18.3. The molecule has 1 N–H and O–H groups in total. The maximum atomic E-state index is 13.6. The Kier molecular flexibility index (Phi) is 5.12. The molecule has 0 saturated carbocycles. The molecule has 3 heterocycles. The molecule has 146 valence electrons. The average molecular weight is 378 g/mol. The summed E-state index contributed by atoms with van der Waals surface area (Å²) in [5, 5.41) is 8.03. The van der Waals surface area contributed by atoms with Gasteiger partial charge in [-0.15, -0.1) is 0 Å². The lowest BCUT2D eigenvalue weighted by Gasteiger charge is -2.25. The first-order valence-corrected chi connectivity index (χ1v) is 9.77. The largest absolute Gasteiger partial charge is 0.418 e. The van der Waals surface area contributed by atoms with Crippen molar-refractivity contribution in [3.05, 3.63) is 41.1 Å². The van der Waals surface area contributed by atoms with Crippen molar-refractivity contribution in [1.82, 2.24) is 14.7 Å². The van der Waals surface area contributed by atoms with E-state index in [4.69, 9.17) is 0 Å². The van der Waals surface area contributed by atoms with Gasteiger partial charge in [-0.1, -0.05) is 18.6 Å². The van der Waals surface area contributed by atoms with E-state index in [1.165, 1.54) is 36.1 Å². The second-order valence-electron chi connectivity index (χ2n) is 7.42. The number of anilines is 1. The van der Waals surface area contributed by atoms with Crippen LogP contribution in [-0.2, 0) is 19.1 Å². The van der Waals surface area contributed by atoms with Crippen LogP contribution < -0.4 is 5.32 Å². The Labute approximate surface area is 157 Å². The van der Waals surface area contributed by atoms with Crippen molar-refractivity contribution in [2.45, 2.75) is 51.2 Å². The molecule has 27 heavy (non-hydrogen) atoms. The minimum Gasteiger partial charge on any atom is -0.370 e. The number of likely N-dealkylation sites (tertiary alicyclic amines) is 1. The quantitative estimate of drug-likeness (QED) is 0.846. The highest BCUT2D eigenvalue weighted by Crippen LogP contribution is 2.36. The van der Waals surface area contributed by atoms with Gasteiger partial charge in [0.25, 0.3) is 0 Å². The lowest BCUT2D eigenvalue weighted by Crippen LogP contribution is -2.29. The van der Waals surface area contributed by atoms with Crippen LogP contribution in [0.2, 0.25) is 0 Å². The van der Waals surface area contributed by atoms with Crippen molar-refractivity contribution in [1.29, 1.82) is 0 Å². The predicted octanol–water partition coefficient (Wildman–Crippen LogP) is 4.63. The molecule has 0 aliphatic carbocycles. The van der Waals surface area contributed by atoms with Gasteiger partial charge in [-0.05, 0) is 57.3 Å². The van der Waals surface area contributed by atoms with Crippen molar-refractivity contribution in [2.75, 3.05) is 25.0 Å². The van der Waals surface area contributed by atoms with E-state index in [2.05, 4.69) is 15.3 Å². The Hall–Kier alpha value is -2.02. The molecule has 0 amide bonds. The molecule has 2 aliphatic heterocycles. The number of alkyl halides is 3. The first-order valence-electron chi connectivity index (χ1n) is 9.77. The van der Waals surface area contributed by atoms with Crippen LogP contribution in [-0.4, -0.2) is 34.3 Å². The first-order chi connectivity index (χ1) is 13.0. The van der Waals surface area contributed by atoms with Crippen molar-refractivity contribution in [2.24, 2.45) is 0 Å². The number of nitrogens with one attached hydrogen (secondary N) is 1. The van der Waals surface area contributed by atoms with Gasteiger partial charge in [-0.3, -0.25) is 4.90 Å². The minimum absolute atomic E-state index is 0.0977. The van der Waals surface area contributed by atoms with E-state index in [1.54, 1.807) is 6.07 Å². The van der Waals surface area contributed by atoms with Gasteiger partial charge in [0.2, 0.25) is 0 Å². The van der Waals surface area contributed by atoms with Crippen LogP contribution in [0.4, 0.5) is 19.0 Å². The van der Waals surface area contributed by atoms with Gasteiger partial charge in [0.1, 0.15) is 5.82 Å². The lowest BCUT2D eigenvalue weighted by atomic mass is 10.1. The Bertz CT molecular complexity index is 791. The highest BCUT2D eigenvalue weighted by atomic mass is 19.4. The maximum absolute atomic E-state index is 13.6. The van der Waals surface area contributed by atoms with Crippen LogP contribution in [0, 0.1) is 0 Å². The van der Waals surface area contributed by atoms with Gasteiger partial charge in [-0.2, -0.15) is 18.3 Å². The number of hydrogen-bond acceptors (Lipinski definition) is 3. The predicted molar refractivity (Wildman–Crippen MR) is 99.1 cm³/mol. The van der Waals surface area contributed by atoms with Gasteiger partial charge in [0.05, 0.1) is 16.9 Å². The van der Waals surface area contributed by atoms with Crippen LogP contribution in [0.5, 0.6) is 0 Å². The average Bonchev–Trinajstić information content (AvgIpc) is 2.83. The molecular formula is C20H25F3N4. The molecule has 0 unspecified atom stereocenters. The number of aromatic nitrogens is 2. The molecule has 0 atom stereocenters. The van der Waals surface area contributed by atoms with Gasteiger partial charge >= 0.3 is 6.18 Å². The highest BCUT2D eigenvalue weighted by Gasteiger charge is 2.35. The molecule has 2 aromatic rings. The molecular weight excluding hydrogens is 353 g/mol. The van der Waals surface area contributed by atoms with Gasteiger partial charge < -0.3 is 5.32 Å². The summed E-state index contributed by atoms with van der Waals surface area (Å²) >= 11 is 0. The monoisotopic (exact) mass is 378 g/mol. The second-order valence-corrected chi connectivity index (χ2v) is 7.42. The second kappa shape index (κ2) is 7.54. The number of fused-ring (bicyclic) bond motifs is 1. The molecule has 0 bridgehead atoms. The Morgan fingerprint density at radius 3 is 2.56 bits per heavy atom. The SMILES string of the molecule is FC(F)(F)c1ccccc1-n1nc(CN2CCCCC2)c2c1NCCCC2. The normalized spacial score (nSPS) is 18.6. The topological polar surface area (TPSA) is 33.1 Å². The van der Waals surface area contributed by atoms with Crippen molar-refractivity contribution in [3.63, 3.8) is 0 Å². The van der Waals surface area contributed by atoms with E-state index in [0.29, 0.717) is 6.54 Å². The summed E-state index contributed by atoms with van der Waals surface area (Å²) in [5.74, 6) is 0.733. The summed E-state index contributed by atoms with van der Waals surface area (Å²) in [6.45, 7) is 3.55. The van der Waals surface area contributed by atoms with E-state index in [-0.39, 0.29) is 5.69 Å². The van der Waals surface area contributed by atoms with Crippen LogP contribution in [0.25, 0.3) is 5.69 Å². The van der Waals surface area contributed by atoms with Crippen molar-refractivity contribution < 1.29 is 13.2 Å². The van der Waals surface area contributed by atoms with Crippen LogP contribution in [0.3, 0.4) is 0 Å². The van der Waals surface area contributed by atoms with Gasteiger partial charge in [0.15, 0.2) is 0 Å². The number of piperidine rings is 1. The molecule has 2 aliphatic rings. The molecule has 0 radical (unpaired) electrons. The Morgan fingerprint density at radius 1 is 1.00 bits per heavy atom. The number of hydrogen-bond donors (Lipinski definition) is 1. The van der Waals surface area contributed by atoms with E-state index >= 15 is 0 Å². The standard InChI is InChI=1S/C20H25F3N4/c21-20(22,23)16-9-2-3-10-18(16)27-19-15(8-4-5-11-24-19)17(25-27)14-26-12-6-1-7-13-26/h2-3,9-10,24H,1,4-8,11-14H2. The summed E-state index contributed by atoms with van der Waals surface area (Å²) in [5.41, 5.74) is 1.44. The van der Waals surface area contributed by atoms with Crippen molar-refractivity contribution >= 4 is 5.82 Å². The third-order valence-electron chi connectivity index (χ3n) is 5.47. The molecule has 1 aromatic carbocycles. The van der Waals surface area contributed by atoms with E-state index in [9.17, 15) is 13.2 Å². The van der Waals surface area contributed by atoms with Gasteiger partial charge in [-0.25, -0.2) is 4.68 Å². The van der Waals surface area contributed by atoms with Crippen LogP contribution in [0.15, 0.2) is 24.3 Å². The minimum atomic E-state index is -4.41. The van der Waals surface area contributed by atoms with Crippen LogP contribution in [0.1, 0.15) is 48.9 Å². The number of nitrogens with zero attached hydrogens (tertiary/aromatic N) is 3. The number of para-hydroxylation sites is 1. The molecule has 1 fully saturated rings. The molecule has 7 heteroatoms. The summed E-state index contributed by atoms with van der Waals surface area (Å²) in [4.78, 5) is 2.37. The number of benzene rings is 1.